The molecular formula is C12H12BrNOS. The predicted molar refractivity (Wildman–Crippen MR) is 70.7 cm³/mol. The fourth-order valence-corrected chi connectivity index (χ4v) is 2.47. The van der Waals surface area contributed by atoms with Crippen molar-refractivity contribution in [1.29, 1.82) is 0 Å². The van der Waals surface area contributed by atoms with Gasteiger partial charge in [0.25, 0.3) is 0 Å². The quantitative estimate of drug-likeness (QED) is 0.937. The number of rotatable bonds is 4. The van der Waals surface area contributed by atoms with Crippen LogP contribution in [-0.2, 0) is 13.2 Å². The number of nitrogens with two attached hydrogens (primary N) is 1. The van der Waals surface area contributed by atoms with Crippen molar-refractivity contribution in [3.05, 3.63) is 50.6 Å². The zero-order chi connectivity index (χ0) is 11.4. The van der Waals surface area contributed by atoms with Crippen LogP contribution >= 0.6 is 27.3 Å². The summed E-state index contributed by atoms with van der Waals surface area (Å²) in [5.41, 5.74) is 6.67. The fraction of sp³-hybridized carbons (Fsp3) is 0.167. The molecule has 16 heavy (non-hydrogen) atoms. The molecule has 0 fully saturated rings. The maximum atomic E-state index is 5.67. The minimum Gasteiger partial charge on any atom is -0.488 e. The van der Waals surface area contributed by atoms with Gasteiger partial charge in [0, 0.05) is 15.9 Å². The van der Waals surface area contributed by atoms with Crippen molar-refractivity contribution < 1.29 is 4.74 Å². The minimum atomic E-state index is 0.534. The van der Waals surface area contributed by atoms with E-state index in [1.165, 1.54) is 4.88 Å². The van der Waals surface area contributed by atoms with E-state index in [1.54, 1.807) is 11.3 Å². The predicted octanol–water partition coefficient (Wildman–Crippen LogP) is 3.55. The first kappa shape index (κ1) is 11.6. The SMILES string of the molecule is NCc1ccc(OCc2cccs2)cc1Br. The third kappa shape index (κ3) is 2.84. The van der Waals surface area contributed by atoms with E-state index in [9.17, 15) is 0 Å². The van der Waals surface area contributed by atoms with Gasteiger partial charge in [-0.05, 0) is 29.1 Å². The molecule has 0 saturated carbocycles. The number of benzene rings is 1. The molecule has 4 heteroatoms. The summed E-state index contributed by atoms with van der Waals surface area (Å²) in [5, 5.41) is 2.05. The summed E-state index contributed by atoms with van der Waals surface area (Å²) in [6.07, 6.45) is 0. The number of halogens is 1. The lowest BCUT2D eigenvalue weighted by Gasteiger charge is -2.07. The Morgan fingerprint density at radius 2 is 2.19 bits per heavy atom. The molecule has 2 nitrogen and oxygen atoms in total. The number of hydrogen-bond donors (Lipinski definition) is 1. The highest BCUT2D eigenvalue weighted by Gasteiger charge is 2.01. The van der Waals surface area contributed by atoms with Crippen LogP contribution in [0, 0.1) is 0 Å². The van der Waals surface area contributed by atoms with Crippen LogP contribution < -0.4 is 10.5 Å². The average molecular weight is 298 g/mol. The molecule has 0 spiro atoms. The molecule has 0 aliphatic carbocycles. The van der Waals surface area contributed by atoms with Crippen LogP contribution in [0.3, 0.4) is 0 Å². The average Bonchev–Trinajstić information content (AvgIpc) is 2.79. The fourth-order valence-electron chi connectivity index (χ4n) is 1.33. The first-order valence-electron chi connectivity index (χ1n) is 4.93. The van der Waals surface area contributed by atoms with Crippen molar-refractivity contribution in [2.75, 3.05) is 0 Å². The normalized spacial score (nSPS) is 10.4. The van der Waals surface area contributed by atoms with Gasteiger partial charge in [0.1, 0.15) is 12.4 Å². The van der Waals surface area contributed by atoms with Crippen LogP contribution in [0.25, 0.3) is 0 Å². The van der Waals surface area contributed by atoms with Gasteiger partial charge in [0.15, 0.2) is 0 Å². The number of thiophene rings is 1. The van der Waals surface area contributed by atoms with E-state index in [0.717, 1.165) is 15.8 Å². The van der Waals surface area contributed by atoms with Gasteiger partial charge in [-0.15, -0.1) is 11.3 Å². The molecule has 84 valence electrons. The van der Waals surface area contributed by atoms with Gasteiger partial charge >= 0.3 is 0 Å². The molecule has 0 saturated heterocycles. The maximum Gasteiger partial charge on any atom is 0.122 e. The van der Waals surface area contributed by atoms with Crippen molar-refractivity contribution in [3.8, 4) is 5.75 Å². The van der Waals surface area contributed by atoms with E-state index < -0.39 is 0 Å². The topological polar surface area (TPSA) is 35.2 Å². The van der Waals surface area contributed by atoms with Crippen molar-refractivity contribution >= 4 is 27.3 Å². The maximum absolute atomic E-state index is 5.67. The van der Waals surface area contributed by atoms with Crippen LogP contribution in [-0.4, -0.2) is 0 Å². The first-order valence-corrected chi connectivity index (χ1v) is 6.60. The Balaban J connectivity index is 2.02. The summed E-state index contributed by atoms with van der Waals surface area (Å²) in [6.45, 7) is 1.15. The molecular weight excluding hydrogens is 286 g/mol. The highest BCUT2D eigenvalue weighted by molar-refractivity contribution is 9.10. The van der Waals surface area contributed by atoms with Crippen molar-refractivity contribution in [2.24, 2.45) is 5.73 Å². The van der Waals surface area contributed by atoms with Crippen molar-refractivity contribution in [2.45, 2.75) is 13.2 Å². The molecule has 1 aromatic carbocycles. The van der Waals surface area contributed by atoms with E-state index >= 15 is 0 Å². The number of ether oxygens (including phenoxy) is 1. The van der Waals surface area contributed by atoms with Crippen LogP contribution in [0.2, 0.25) is 0 Å². The first-order chi connectivity index (χ1) is 7.79. The Kier molecular flexibility index (Phi) is 3.98. The standard InChI is InChI=1S/C12H12BrNOS/c13-12-6-10(4-3-9(12)7-14)15-8-11-2-1-5-16-11/h1-6H,7-8,14H2. The van der Waals surface area contributed by atoms with Gasteiger partial charge in [-0.25, -0.2) is 0 Å². The lowest BCUT2D eigenvalue weighted by atomic mass is 10.2. The molecule has 0 aliphatic rings. The Bertz CT molecular complexity index is 456. The highest BCUT2D eigenvalue weighted by atomic mass is 79.9. The Labute approximate surface area is 107 Å². The lowest BCUT2D eigenvalue weighted by Crippen LogP contribution is -1.98. The van der Waals surface area contributed by atoms with E-state index in [0.29, 0.717) is 13.2 Å². The third-order valence-electron chi connectivity index (χ3n) is 2.21. The Hall–Kier alpha value is -0.840. The minimum absolute atomic E-state index is 0.534. The summed E-state index contributed by atoms with van der Waals surface area (Å²) in [5.74, 6) is 0.859. The van der Waals surface area contributed by atoms with E-state index in [4.69, 9.17) is 10.5 Å². The van der Waals surface area contributed by atoms with E-state index in [1.807, 2.05) is 29.6 Å². The van der Waals surface area contributed by atoms with Gasteiger partial charge in [0.2, 0.25) is 0 Å². The molecule has 0 atom stereocenters. The summed E-state index contributed by atoms with van der Waals surface area (Å²) < 4.78 is 6.67. The zero-order valence-electron chi connectivity index (χ0n) is 8.65. The molecule has 1 heterocycles. The molecule has 0 amide bonds. The molecule has 0 radical (unpaired) electrons. The molecule has 0 unspecified atom stereocenters. The van der Waals surface area contributed by atoms with Gasteiger partial charge < -0.3 is 10.5 Å². The summed E-state index contributed by atoms with van der Waals surface area (Å²) in [6, 6.07) is 9.97. The van der Waals surface area contributed by atoms with Crippen molar-refractivity contribution in [3.63, 3.8) is 0 Å². The van der Waals surface area contributed by atoms with Gasteiger partial charge in [-0.3, -0.25) is 0 Å². The van der Waals surface area contributed by atoms with E-state index in [2.05, 4.69) is 22.0 Å². The lowest BCUT2D eigenvalue weighted by molar-refractivity contribution is 0.309. The second kappa shape index (κ2) is 5.48. The Morgan fingerprint density at radius 3 is 2.81 bits per heavy atom. The summed E-state index contributed by atoms with van der Waals surface area (Å²) in [7, 11) is 0. The molecule has 2 rings (SSSR count). The summed E-state index contributed by atoms with van der Waals surface area (Å²) >= 11 is 5.17. The molecule has 0 aliphatic heterocycles. The van der Waals surface area contributed by atoms with Crippen LogP contribution in [0.5, 0.6) is 5.75 Å². The van der Waals surface area contributed by atoms with Gasteiger partial charge in [-0.1, -0.05) is 28.1 Å². The van der Waals surface area contributed by atoms with Crippen LogP contribution in [0.4, 0.5) is 0 Å². The molecule has 2 aromatic rings. The monoisotopic (exact) mass is 297 g/mol. The Morgan fingerprint density at radius 1 is 1.31 bits per heavy atom. The van der Waals surface area contributed by atoms with Crippen LogP contribution in [0.1, 0.15) is 10.4 Å². The molecule has 2 N–H and O–H groups in total. The largest absolute Gasteiger partial charge is 0.488 e. The third-order valence-corrected chi connectivity index (χ3v) is 3.79. The second-order valence-corrected chi connectivity index (χ2v) is 5.21. The smallest absolute Gasteiger partial charge is 0.122 e. The molecule has 0 bridgehead atoms. The zero-order valence-corrected chi connectivity index (χ0v) is 11.1. The van der Waals surface area contributed by atoms with Gasteiger partial charge in [-0.2, -0.15) is 0 Å². The van der Waals surface area contributed by atoms with Gasteiger partial charge in [0.05, 0.1) is 0 Å². The summed E-state index contributed by atoms with van der Waals surface area (Å²) in [4.78, 5) is 1.22. The second-order valence-electron chi connectivity index (χ2n) is 3.33. The highest BCUT2D eigenvalue weighted by Crippen LogP contribution is 2.23. The van der Waals surface area contributed by atoms with E-state index in [-0.39, 0.29) is 0 Å². The molecule has 1 aromatic heterocycles. The number of hydrogen-bond acceptors (Lipinski definition) is 3. The van der Waals surface area contributed by atoms with Crippen LogP contribution in [0.15, 0.2) is 40.2 Å². The van der Waals surface area contributed by atoms with Crippen molar-refractivity contribution in [1.82, 2.24) is 0 Å².